The van der Waals surface area contributed by atoms with E-state index in [0.717, 1.165) is 18.2 Å². The third kappa shape index (κ3) is 4.05. The Morgan fingerprint density at radius 2 is 2.43 bits per heavy atom. The average Bonchev–Trinajstić information content (AvgIpc) is 2.25. The molecule has 0 bridgehead atoms. The van der Waals surface area contributed by atoms with Gasteiger partial charge in [-0.15, -0.1) is 6.58 Å². The van der Waals surface area contributed by atoms with Crippen LogP contribution in [0.25, 0.3) is 0 Å². The highest BCUT2D eigenvalue weighted by Crippen LogP contribution is 2.28. The lowest BCUT2D eigenvalue weighted by atomic mass is 10.0. The molecule has 0 saturated carbocycles. The first-order valence-corrected chi connectivity index (χ1v) is 6.89. The van der Waals surface area contributed by atoms with Crippen molar-refractivity contribution in [3.8, 4) is 0 Å². The van der Waals surface area contributed by atoms with E-state index in [1.165, 1.54) is 31.4 Å². The molecule has 0 aromatic rings. The summed E-state index contributed by atoms with van der Waals surface area (Å²) < 4.78 is 0. The van der Waals surface area contributed by atoms with Gasteiger partial charge in [-0.2, -0.15) is 11.8 Å². The molecule has 1 aliphatic rings. The van der Waals surface area contributed by atoms with Gasteiger partial charge in [0, 0.05) is 11.3 Å². The molecule has 2 unspecified atom stereocenters. The predicted molar refractivity (Wildman–Crippen MR) is 67.0 cm³/mol. The van der Waals surface area contributed by atoms with Crippen molar-refractivity contribution in [2.24, 2.45) is 0 Å². The maximum absolute atomic E-state index is 3.85. The molecule has 2 heteroatoms. The van der Waals surface area contributed by atoms with Gasteiger partial charge in [0.15, 0.2) is 0 Å². The molecule has 0 radical (unpaired) electrons. The summed E-state index contributed by atoms with van der Waals surface area (Å²) in [5.74, 6) is 1.35. The van der Waals surface area contributed by atoms with E-state index < -0.39 is 0 Å². The van der Waals surface area contributed by atoms with Gasteiger partial charge < -0.3 is 5.32 Å². The fourth-order valence-electron chi connectivity index (χ4n) is 1.96. The summed E-state index contributed by atoms with van der Waals surface area (Å²) in [6, 6.07) is 0.665. The van der Waals surface area contributed by atoms with Crippen molar-refractivity contribution in [3.05, 3.63) is 12.7 Å². The van der Waals surface area contributed by atoms with Crippen LogP contribution in [0.1, 0.15) is 39.0 Å². The molecule has 2 atom stereocenters. The predicted octanol–water partition coefficient (Wildman–Crippen LogP) is 3.22. The Hall–Kier alpha value is 0.0500. The molecule has 1 saturated heterocycles. The Balaban J connectivity index is 2.34. The van der Waals surface area contributed by atoms with Crippen molar-refractivity contribution in [2.75, 3.05) is 12.3 Å². The van der Waals surface area contributed by atoms with Gasteiger partial charge >= 0.3 is 0 Å². The Labute approximate surface area is 92.7 Å². The summed E-state index contributed by atoms with van der Waals surface area (Å²) in [5, 5.41) is 4.48. The van der Waals surface area contributed by atoms with Gasteiger partial charge in [-0.25, -0.2) is 0 Å². The summed E-state index contributed by atoms with van der Waals surface area (Å²) in [6.07, 6.45) is 8.62. The van der Waals surface area contributed by atoms with Crippen molar-refractivity contribution in [1.82, 2.24) is 5.32 Å². The smallest absolute Gasteiger partial charge is 0.0220 e. The topological polar surface area (TPSA) is 12.0 Å². The van der Waals surface area contributed by atoms with Crippen molar-refractivity contribution in [3.63, 3.8) is 0 Å². The lowest BCUT2D eigenvalue weighted by Crippen LogP contribution is -2.39. The number of hydrogen-bond donors (Lipinski definition) is 1. The molecule has 0 amide bonds. The molecule has 1 fully saturated rings. The highest BCUT2D eigenvalue weighted by molar-refractivity contribution is 8.00. The normalized spacial score (nSPS) is 24.5. The molecule has 0 aromatic heterocycles. The molecule has 1 aliphatic heterocycles. The third-order valence-electron chi connectivity index (χ3n) is 2.74. The SMILES string of the molecule is C=CCC(NCCC)C1CCCCS1. The van der Waals surface area contributed by atoms with Gasteiger partial charge in [-0.3, -0.25) is 0 Å². The van der Waals surface area contributed by atoms with Gasteiger partial charge in [0.25, 0.3) is 0 Å². The highest BCUT2D eigenvalue weighted by atomic mass is 32.2. The number of nitrogens with one attached hydrogen (secondary N) is 1. The fourth-order valence-corrected chi connectivity index (χ4v) is 3.41. The van der Waals surface area contributed by atoms with E-state index in [1.807, 2.05) is 0 Å². The molecule has 82 valence electrons. The lowest BCUT2D eigenvalue weighted by molar-refractivity contribution is 0.467. The zero-order valence-electron chi connectivity index (χ0n) is 9.30. The van der Waals surface area contributed by atoms with Crippen LogP contribution in [0.2, 0.25) is 0 Å². The molecule has 1 heterocycles. The highest BCUT2D eigenvalue weighted by Gasteiger charge is 2.22. The van der Waals surface area contributed by atoms with Crippen LogP contribution in [-0.4, -0.2) is 23.6 Å². The quantitative estimate of drug-likeness (QED) is 0.680. The van der Waals surface area contributed by atoms with Gasteiger partial charge in [0.05, 0.1) is 0 Å². The Bertz CT molecular complexity index is 152. The fraction of sp³-hybridized carbons (Fsp3) is 0.833. The monoisotopic (exact) mass is 213 g/mol. The minimum absolute atomic E-state index is 0.665. The maximum atomic E-state index is 3.85. The minimum Gasteiger partial charge on any atom is -0.313 e. The summed E-state index contributed by atoms with van der Waals surface area (Å²) in [7, 11) is 0. The largest absolute Gasteiger partial charge is 0.313 e. The Morgan fingerprint density at radius 3 is 3.00 bits per heavy atom. The standard InChI is InChI=1S/C12H23NS/c1-3-7-11(13-9-4-2)12-8-5-6-10-14-12/h3,11-13H,1,4-10H2,2H3. The first-order valence-electron chi connectivity index (χ1n) is 5.84. The van der Waals surface area contributed by atoms with Crippen molar-refractivity contribution >= 4 is 11.8 Å². The van der Waals surface area contributed by atoms with Crippen LogP contribution in [-0.2, 0) is 0 Å². The van der Waals surface area contributed by atoms with Crippen LogP contribution < -0.4 is 5.32 Å². The van der Waals surface area contributed by atoms with Gasteiger partial charge in [-0.1, -0.05) is 19.4 Å². The molecule has 0 aromatic carbocycles. The molecule has 1 N–H and O–H groups in total. The van der Waals surface area contributed by atoms with Gasteiger partial charge in [0.2, 0.25) is 0 Å². The van der Waals surface area contributed by atoms with Gasteiger partial charge in [-0.05, 0) is 38.0 Å². The Morgan fingerprint density at radius 1 is 1.57 bits per heavy atom. The zero-order valence-corrected chi connectivity index (χ0v) is 10.1. The summed E-state index contributed by atoms with van der Waals surface area (Å²) in [5.41, 5.74) is 0. The average molecular weight is 213 g/mol. The van der Waals surface area contributed by atoms with Crippen LogP contribution in [0.4, 0.5) is 0 Å². The second kappa shape index (κ2) is 7.36. The van der Waals surface area contributed by atoms with E-state index in [9.17, 15) is 0 Å². The van der Waals surface area contributed by atoms with E-state index in [2.05, 4.69) is 36.7 Å². The minimum atomic E-state index is 0.665. The zero-order chi connectivity index (χ0) is 10.2. The second-order valence-electron chi connectivity index (χ2n) is 3.99. The van der Waals surface area contributed by atoms with Crippen LogP contribution in [0.5, 0.6) is 0 Å². The summed E-state index contributed by atoms with van der Waals surface area (Å²) in [4.78, 5) is 0. The molecule has 0 spiro atoms. The van der Waals surface area contributed by atoms with Crippen molar-refractivity contribution in [2.45, 2.75) is 50.3 Å². The van der Waals surface area contributed by atoms with E-state index in [0.29, 0.717) is 6.04 Å². The maximum Gasteiger partial charge on any atom is 0.0220 e. The number of rotatable bonds is 6. The molecule has 1 nitrogen and oxygen atoms in total. The first kappa shape index (κ1) is 12.1. The number of thioether (sulfide) groups is 1. The van der Waals surface area contributed by atoms with Crippen LogP contribution in [0.15, 0.2) is 12.7 Å². The van der Waals surface area contributed by atoms with Crippen LogP contribution in [0, 0.1) is 0 Å². The van der Waals surface area contributed by atoms with E-state index in [1.54, 1.807) is 0 Å². The Kier molecular flexibility index (Phi) is 6.37. The van der Waals surface area contributed by atoms with Crippen LogP contribution >= 0.6 is 11.8 Å². The van der Waals surface area contributed by atoms with Gasteiger partial charge in [0.1, 0.15) is 0 Å². The van der Waals surface area contributed by atoms with Crippen molar-refractivity contribution < 1.29 is 0 Å². The van der Waals surface area contributed by atoms with E-state index in [4.69, 9.17) is 0 Å². The molecule has 0 aliphatic carbocycles. The molecule has 14 heavy (non-hydrogen) atoms. The molecular weight excluding hydrogens is 190 g/mol. The molecule has 1 rings (SSSR count). The first-order chi connectivity index (χ1) is 6.88. The van der Waals surface area contributed by atoms with Crippen LogP contribution in [0.3, 0.4) is 0 Å². The molecular formula is C12H23NS. The summed E-state index contributed by atoms with van der Waals surface area (Å²) in [6.45, 7) is 7.23. The lowest BCUT2D eigenvalue weighted by Gasteiger charge is -2.30. The number of hydrogen-bond acceptors (Lipinski definition) is 2. The van der Waals surface area contributed by atoms with E-state index >= 15 is 0 Å². The second-order valence-corrected chi connectivity index (χ2v) is 5.34. The van der Waals surface area contributed by atoms with Crippen molar-refractivity contribution in [1.29, 1.82) is 0 Å². The van der Waals surface area contributed by atoms with E-state index in [-0.39, 0.29) is 0 Å². The summed E-state index contributed by atoms with van der Waals surface area (Å²) >= 11 is 2.15. The third-order valence-corrected chi connectivity index (χ3v) is 4.26.